The molecule has 25 heavy (non-hydrogen) atoms. The van der Waals surface area contributed by atoms with Crippen LogP contribution in [0.15, 0.2) is 53.5 Å². The highest BCUT2D eigenvalue weighted by Gasteiger charge is 2.17. The lowest BCUT2D eigenvalue weighted by Gasteiger charge is -2.05. The third kappa shape index (κ3) is 3.64. The van der Waals surface area contributed by atoms with Gasteiger partial charge in [0.1, 0.15) is 15.4 Å². The fourth-order valence-corrected chi connectivity index (χ4v) is 3.12. The normalized spacial score (nSPS) is 10.3. The molecule has 7 nitrogen and oxygen atoms in total. The number of nitrogens with zero attached hydrogens (tertiary/aromatic N) is 1. The standard InChI is InChI=1S/C17H14N4O3S/c1-10-13(25-17(19-10)11-6-3-2-4-7-11)16(24)21-20-15(23)12-8-5-9-18-14(12)22/h2-9H,1H3,(H,18,22)(H,20,23)(H,21,24). The van der Waals surface area contributed by atoms with Gasteiger partial charge >= 0.3 is 0 Å². The molecule has 2 aromatic heterocycles. The number of aryl methyl sites for hydroxylation is 1. The first-order valence-electron chi connectivity index (χ1n) is 7.37. The molecule has 0 saturated carbocycles. The van der Waals surface area contributed by atoms with E-state index in [1.807, 2.05) is 30.3 Å². The van der Waals surface area contributed by atoms with Crippen LogP contribution in [-0.4, -0.2) is 21.8 Å². The molecule has 0 unspecified atom stereocenters. The molecule has 3 rings (SSSR count). The van der Waals surface area contributed by atoms with E-state index in [4.69, 9.17) is 0 Å². The third-order valence-electron chi connectivity index (χ3n) is 3.38. The van der Waals surface area contributed by atoms with E-state index in [1.54, 1.807) is 6.92 Å². The number of hydrogen-bond donors (Lipinski definition) is 3. The van der Waals surface area contributed by atoms with Crippen LogP contribution in [0.25, 0.3) is 10.6 Å². The van der Waals surface area contributed by atoms with Crippen molar-refractivity contribution in [2.75, 3.05) is 0 Å². The lowest BCUT2D eigenvalue weighted by atomic mass is 10.2. The second-order valence-electron chi connectivity index (χ2n) is 5.12. The summed E-state index contributed by atoms with van der Waals surface area (Å²) in [5.41, 5.74) is 5.40. The van der Waals surface area contributed by atoms with E-state index in [1.165, 1.54) is 29.7 Å². The van der Waals surface area contributed by atoms with Crippen LogP contribution in [0, 0.1) is 6.92 Å². The van der Waals surface area contributed by atoms with Gasteiger partial charge in [0.2, 0.25) is 0 Å². The molecule has 0 aliphatic rings. The molecule has 126 valence electrons. The molecule has 0 aliphatic heterocycles. The van der Waals surface area contributed by atoms with Crippen molar-refractivity contribution in [3.05, 3.63) is 75.1 Å². The van der Waals surface area contributed by atoms with Crippen LogP contribution in [0.1, 0.15) is 25.7 Å². The number of rotatable bonds is 3. The van der Waals surface area contributed by atoms with Gasteiger partial charge in [-0.25, -0.2) is 4.98 Å². The van der Waals surface area contributed by atoms with Gasteiger partial charge in [-0.05, 0) is 19.1 Å². The maximum atomic E-state index is 12.3. The molecule has 0 fully saturated rings. The zero-order valence-corrected chi connectivity index (χ0v) is 14.0. The Hall–Kier alpha value is -3.26. The number of hydrazine groups is 1. The minimum atomic E-state index is -0.694. The zero-order valence-electron chi connectivity index (χ0n) is 13.2. The van der Waals surface area contributed by atoms with E-state index < -0.39 is 17.4 Å². The number of pyridine rings is 1. The lowest BCUT2D eigenvalue weighted by molar-refractivity contribution is 0.0847. The maximum absolute atomic E-state index is 12.3. The molecule has 3 aromatic rings. The highest BCUT2D eigenvalue weighted by Crippen LogP contribution is 2.27. The predicted molar refractivity (Wildman–Crippen MR) is 94.3 cm³/mol. The lowest BCUT2D eigenvalue weighted by Crippen LogP contribution is -2.43. The Bertz CT molecular complexity index is 979. The first-order chi connectivity index (χ1) is 12.1. The molecule has 0 saturated heterocycles. The van der Waals surface area contributed by atoms with Crippen LogP contribution in [0.5, 0.6) is 0 Å². The number of aromatic amines is 1. The van der Waals surface area contributed by atoms with Crippen molar-refractivity contribution < 1.29 is 9.59 Å². The molecule has 0 radical (unpaired) electrons. The highest BCUT2D eigenvalue weighted by atomic mass is 32.1. The van der Waals surface area contributed by atoms with Gasteiger partial charge in [0.15, 0.2) is 0 Å². The second-order valence-corrected chi connectivity index (χ2v) is 6.12. The number of carbonyl (C=O) groups excluding carboxylic acids is 2. The number of nitrogens with one attached hydrogen (secondary N) is 3. The fraction of sp³-hybridized carbons (Fsp3) is 0.0588. The Morgan fingerprint density at radius 3 is 2.48 bits per heavy atom. The van der Waals surface area contributed by atoms with Crippen molar-refractivity contribution in [2.24, 2.45) is 0 Å². The number of thiazole rings is 1. The van der Waals surface area contributed by atoms with E-state index in [0.29, 0.717) is 15.6 Å². The van der Waals surface area contributed by atoms with Crippen molar-refractivity contribution in [1.82, 2.24) is 20.8 Å². The molecule has 0 bridgehead atoms. The molecule has 3 N–H and O–H groups in total. The van der Waals surface area contributed by atoms with Crippen molar-refractivity contribution >= 4 is 23.2 Å². The van der Waals surface area contributed by atoms with Gasteiger partial charge in [-0.15, -0.1) is 11.3 Å². The fourth-order valence-electron chi connectivity index (χ4n) is 2.15. The summed E-state index contributed by atoms with van der Waals surface area (Å²) >= 11 is 1.23. The first kappa shape index (κ1) is 16.6. The van der Waals surface area contributed by atoms with Crippen molar-refractivity contribution in [2.45, 2.75) is 6.92 Å². The monoisotopic (exact) mass is 354 g/mol. The van der Waals surface area contributed by atoms with Gasteiger partial charge in [0.05, 0.1) is 5.69 Å². The van der Waals surface area contributed by atoms with Crippen LogP contribution in [0.4, 0.5) is 0 Å². The number of aromatic nitrogens is 2. The van der Waals surface area contributed by atoms with Gasteiger partial charge in [-0.2, -0.15) is 0 Å². The van der Waals surface area contributed by atoms with E-state index in [2.05, 4.69) is 20.8 Å². The number of H-pyrrole nitrogens is 1. The number of amides is 2. The Labute approximate surface area is 146 Å². The number of hydrogen-bond acceptors (Lipinski definition) is 5. The molecule has 0 aliphatic carbocycles. The van der Waals surface area contributed by atoms with Crippen LogP contribution < -0.4 is 16.4 Å². The smallest absolute Gasteiger partial charge is 0.281 e. The van der Waals surface area contributed by atoms with Gasteiger partial charge in [0, 0.05) is 11.8 Å². The minimum absolute atomic E-state index is 0.0891. The van der Waals surface area contributed by atoms with Gasteiger partial charge in [0.25, 0.3) is 17.4 Å². The van der Waals surface area contributed by atoms with Gasteiger partial charge in [-0.3, -0.25) is 25.2 Å². The Kier molecular flexibility index (Phi) is 4.71. The van der Waals surface area contributed by atoms with Crippen LogP contribution in [0.3, 0.4) is 0 Å². The molecule has 2 heterocycles. The quantitative estimate of drug-likeness (QED) is 0.625. The first-order valence-corrected chi connectivity index (χ1v) is 8.19. The second kappa shape index (κ2) is 7.10. The predicted octanol–water partition coefficient (Wildman–Crippen LogP) is 1.88. The SMILES string of the molecule is Cc1nc(-c2ccccc2)sc1C(=O)NNC(=O)c1ccc[nH]c1=O. The molecule has 2 amide bonds. The van der Waals surface area contributed by atoms with Crippen molar-refractivity contribution in [1.29, 1.82) is 0 Å². The van der Waals surface area contributed by atoms with Crippen molar-refractivity contribution in [3.63, 3.8) is 0 Å². The van der Waals surface area contributed by atoms with E-state index in [-0.39, 0.29) is 5.56 Å². The summed E-state index contributed by atoms with van der Waals surface area (Å²) in [4.78, 5) is 43.0. The summed E-state index contributed by atoms with van der Waals surface area (Å²) in [7, 11) is 0. The summed E-state index contributed by atoms with van der Waals surface area (Å²) < 4.78 is 0. The number of benzene rings is 1. The summed E-state index contributed by atoms with van der Waals surface area (Å²) in [6, 6.07) is 12.4. The average Bonchev–Trinajstić information content (AvgIpc) is 3.02. The maximum Gasteiger partial charge on any atom is 0.281 e. The van der Waals surface area contributed by atoms with E-state index in [0.717, 1.165) is 5.56 Å². The Balaban J connectivity index is 1.72. The summed E-state index contributed by atoms with van der Waals surface area (Å²) in [6.07, 6.45) is 1.42. The summed E-state index contributed by atoms with van der Waals surface area (Å²) in [5.74, 6) is -1.18. The molecular formula is C17H14N4O3S. The van der Waals surface area contributed by atoms with Crippen LogP contribution >= 0.6 is 11.3 Å². The van der Waals surface area contributed by atoms with Gasteiger partial charge in [-0.1, -0.05) is 30.3 Å². The Morgan fingerprint density at radius 2 is 1.76 bits per heavy atom. The van der Waals surface area contributed by atoms with E-state index in [9.17, 15) is 14.4 Å². The highest BCUT2D eigenvalue weighted by molar-refractivity contribution is 7.17. The zero-order chi connectivity index (χ0) is 17.8. The summed E-state index contributed by atoms with van der Waals surface area (Å²) in [5, 5.41) is 0.717. The molecule has 1 aromatic carbocycles. The largest absolute Gasteiger partial charge is 0.328 e. The van der Waals surface area contributed by atoms with Gasteiger partial charge < -0.3 is 4.98 Å². The minimum Gasteiger partial charge on any atom is -0.328 e. The Morgan fingerprint density at radius 1 is 1.04 bits per heavy atom. The van der Waals surface area contributed by atoms with E-state index >= 15 is 0 Å². The topological polar surface area (TPSA) is 104 Å². The molecular weight excluding hydrogens is 340 g/mol. The third-order valence-corrected chi connectivity index (χ3v) is 4.58. The van der Waals surface area contributed by atoms with Crippen LogP contribution in [-0.2, 0) is 0 Å². The molecule has 0 atom stereocenters. The number of carbonyl (C=O) groups is 2. The molecule has 8 heteroatoms. The van der Waals surface area contributed by atoms with Crippen LogP contribution in [0.2, 0.25) is 0 Å². The summed E-state index contributed by atoms with van der Waals surface area (Å²) in [6.45, 7) is 1.72. The van der Waals surface area contributed by atoms with Crippen molar-refractivity contribution in [3.8, 4) is 10.6 Å². The average molecular weight is 354 g/mol. The molecule has 0 spiro atoms.